The number of carbonyl (C=O) groups excluding carboxylic acids is 1. The number of aliphatic hydroxyl groups is 1. The average molecular weight is 229 g/mol. The molecule has 16 heavy (non-hydrogen) atoms. The summed E-state index contributed by atoms with van der Waals surface area (Å²) in [5, 5.41) is 23.7. The summed E-state index contributed by atoms with van der Waals surface area (Å²) in [5.74, 6) is -0.838. The molecule has 0 aliphatic rings. The minimum absolute atomic E-state index is 0.169. The average Bonchev–Trinajstić information content (AvgIpc) is 2.59. The van der Waals surface area contributed by atoms with E-state index in [1.165, 1.54) is 11.7 Å². The number of methoxy groups -OCH3 is 1. The van der Waals surface area contributed by atoms with Crippen LogP contribution < -0.4 is 0 Å². The summed E-state index contributed by atoms with van der Waals surface area (Å²) in [6.07, 6.45) is -0.571. The summed E-state index contributed by atoms with van der Waals surface area (Å²) in [4.78, 5) is 21.0. The van der Waals surface area contributed by atoms with Crippen molar-refractivity contribution in [3.63, 3.8) is 0 Å². The molecule has 1 rings (SSSR count). The zero-order valence-corrected chi connectivity index (χ0v) is 8.78. The van der Waals surface area contributed by atoms with Crippen molar-refractivity contribution in [2.75, 3.05) is 7.11 Å². The summed E-state index contributed by atoms with van der Waals surface area (Å²) < 4.78 is 5.55. The van der Waals surface area contributed by atoms with Crippen molar-refractivity contribution in [3.05, 3.63) is 22.0 Å². The van der Waals surface area contributed by atoms with Crippen LogP contribution in [0.4, 0.5) is 5.69 Å². The zero-order valence-electron chi connectivity index (χ0n) is 8.78. The summed E-state index contributed by atoms with van der Waals surface area (Å²) in [5.41, 5.74) is -0.0617. The highest BCUT2D eigenvalue weighted by atomic mass is 16.6. The van der Waals surface area contributed by atoms with Gasteiger partial charge in [-0.15, -0.1) is 0 Å². The van der Waals surface area contributed by atoms with E-state index >= 15 is 0 Å². The zero-order chi connectivity index (χ0) is 12.3. The van der Waals surface area contributed by atoms with E-state index in [-0.39, 0.29) is 17.8 Å². The molecule has 0 aliphatic heterocycles. The van der Waals surface area contributed by atoms with Crippen LogP contribution in [0, 0.1) is 10.1 Å². The van der Waals surface area contributed by atoms with Crippen LogP contribution in [0.15, 0.2) is 6.20 Å². The van der Waals surface area contributed by atoms with Crippen LogP contribution in [0.2, 0.25) is 0 Å². The Morgan fingerprint density at radius 3 is 2.94 bits per heavy atom. The summed E-state index contributed by atoms with van der Waals surface area (Å²) in [6.45, 7) is 0. The normalized spacial score (nSPS) is 12.2. The Morgan fingerprint density at radius 2 is 2.44 bits per heavy atom. The predicted molar refractivity (Wildman–Crippen MR) is 51.6 cm³/mol. The van der Waals surface area contributed by atoms with Gasteiger partial charge >= 0.3 is 11.7 Å². The van der Waals surface area contributed by atoms with E-state index in [1.807, 2.05) is 0 Å². The smallest absolute Gasteiger partial charge is 0.335 e. The number of rotatable bonds is 4. The SMILES string of the molecule is COC(=O)C(O)Cc1c([N+](=O)[O-])cnn1C. The van der Waals surface area contributed by atoms with E-state index in [1.54, 1.807) is 0 Å². The van der Waals surface area contributed by atoms with E-state index in [4.69, 9.17) is 0 Å². The van der Waals surface area contributed by atoms with Gasteiger partial charge in [0.15, 0.2) is 6.10 Å². The topological polar surface area (TPSA) is 107 Å². The fourth-order valence-electron chi connectivity index (χ4n) is 1.24. The molecule has 0 saturated heterocycles. The van der Waals surface area contributed by atoms with Crippen LogP contribution in [0.3, 0.4) is 0 Å². The fourth-order valence-corrected chi connectivity index (χ4v) is 1.24. The Hall–Kier alpha value is -1.96. The first-order valence-electron chi connectivity index (χ1n) is 4.38. The third kappa shape index (κ3) is 2.34. The number of aromatic nitrogens is 2. The summed E-state index contributed by atoms with van der Waals surface area (Å²) in [7, 11) is 2.62. The van der Waals surface area contributed by atoms with Crippen molar-refractivity contribution >= 4 is 11.7 Å². The van der Waals surface area contributed by atoms with E-state index in [0.29, 0.717) is 0 Å². The molecule has 1 aromatic heterocycles. The Balaban J connectivity index is 2.92. The van der Waals surface area contributed by atoms with Gasteiger partial charge in [0, 0.05) is 13.5 Å². The number of aliphatic hydroxyl groups excluding tert-OH is 1. The second-order valence-electron chi connectivity index (χ2n) is 3.10. The number of nitrogens with zero attached hydrogens (tertiary/aromatic N) is 3. The Morgan fingerprint density at radius 1 is 1.81 bits per heavy atom. The second kappa shape index (κ2) is 4.71. The molecule has 0 saturated carbocycles. The van der Waals surface area contributed by atoms with Gasteiger partial charge in [-0.05, 0) is 0 Å². The third-order valence-corrected chi connectivity index (χ3v) is 2.10. The lowest BCUT2D eigenvalue weighted by Crippen LogP contribution is -2.25. The molecule has 0 spiro atoms. The van der Waals surface area contributed by atoms with Crippen LogP contribution >= 0.6 is 0 Å². The van der Waals surface area contributed by atoms with E-state index in [2.05, 4.69) is 9.84 Å². The molecule has 1 aromatic rings. The van der Waals surface area contributed by atoms with E-state index < -0.39 is 17.0 Å². The number of esters is 1. The highest BCUT2D eigenvalue weighted by Crippen LogP contribution is 2.18. The van der Waals surface area contributed by atoms with Crippen molar-refractivity contribution < 1.29 is 19.6 Å². The first-order chi connectivity index (χ1) is 7.47. The highest BCUT2D eigenvalue weighted by Gasteiger charge is 2.25. The first kappa shape index (κ1) is 12.1. The van der Waals surface area contributed by atoms with Crippen molar-refractivity contribution in [2.45, 2.75) is 12.5 Å². The molecular formula is C8H11N3O5. The molecule has 0 fully saturated rings. The van der Waals surface area contributed by atoms with Crippen LogP contribution in [-0.2, 0) is 23.0 Å². The quantitative estimate of drug-likeness (QED) is 0.420. The molecule has 0 bridgehead atoms. The molecule has 8 heteroatoms. The van der Waals surface area contributed by atoms with Gasteiger partial charge in [0.1, 0.15) is 11.9 Å². The van der Waals surface area contributed by atoms with Crippen molar-refractivity contribution in [3.8, 4) is 0 Å². The minimum Gasteiger partial charge on any atom is -0.467 e. The molecular weight excluding hydrogens is 218 g/mol. The van der Waals surface area contributed by atoms with Gasteiger partial charge in [-0.2, -0.15) is 5.10 Å². The Bertz CT molecular complexity index is 414. The van der Waals surface area contributed by atoms with Gasteiger partial charge in [-0.3, -0.25) is 14.8 Å². The predicted octanol–water partition coefficient (Wildman–Crippen LogP) is -0.595. The van der Waals surface area contributed by atoms with Crippen LogP contribution in [0.25, 0.3) is 0 Å². The molecule has 0 amide bonds. The van der Waals surface area contributed by atoms with Crippen LogP contribution in [0.5, 0.6) is 0 Å². The Labute approximate surface area is 90.6 Å². The lowest BCUT2D eigenvalue weighted by molar-refractivity contribution is -0.385. The fraction of sp³-hybridized carbons (Fsp3) is 0.500. The number of hydrogen-bond donors (Lipinski definition) is 1. The molecule has 1 unspecified atom stereocenters. The van der Waals surface area contributed by atoms with Crippen molar-refractivity contribution in [1.29, 1.82) is 0 Å². The lowest BCUT2D eigenvalue weighted by Gasteiger charge is -2.07. The number of aryl methyl sites for hydroxylation is 1. The number of ether oxygens (including phenoxy) is 1. The van der Waals surface area contributed by atoms with Crippen LogP contribution in [0.1, 0.15) is 5.69 Å². The lowest BCUT2D eigenvalue weighted by atomic mass is 10.2. The molecule has 1 heterocycles. The maximum Gasteiger partial charge on any atom is 0.335 e. The van der Waals surface area contributed by atoms with Crippen molar-refractivity contribution in [1.82, 2.24) is 9.78 Å². The molecule has 1 atom stereocenters. The van der Waals surface area contributed by atoms with Gasteiger partial charge in [0.05, 0.1) is 12.0 Å². The molecule has 0 radical (unpaired) electrons. The van der Waals surface area contributed by atoms with Crippen molar-refractivity contribution in [2.24, 2.45) is 7.05 Å². The number of nitro groups is 1. The van der Waals surface area contributed by atoms with E-state index in [0.717, 1.165) is 13.3 Å². The summed E-state index contributed by atoms with van der Waals surface area (Å²) >= 11 is 0. The molecule has 0 aliphatic carbocycles. The number of carbonyl (C=O) groups is 1. The van der Waals surface area contributed by atoms with Gasteiger partial charge in [-0.1, -0.05) is 0 Å². The van der Waals surface area contributed by atoms with E-state index in [9.17, 15) is 20.0 Å². The van der Waals surface area contributed by atoms with Gasteiger partial charge in [-0.25, -0.2) is 4.79 Å². The first-order valence-corrected chi connectivity index (χ1v) is 4.38. The maximum absolute atomic E-state index is 11.0. The minimum atomic E-state index is -1.43. The van der Waals surface area contributed by atoms with Gasteiger partial charge < -0.3 is 9.84 Å². The molecule has 88 valence electrons. The monoisotopic (exact) mass is 229 g/mol. The molecule has 0 aromatic carbocycles. The number of hydrogen-bond acceptors (Lipinski definition) is 6. The largest absolute Gasteiger partial charge is 0.467 e. The summed E-state index contributed by atoms with van der Waals surface area (Å²) in [6, 6.07) is 0. The second-order valence-corrected chi connectivity index (χ2v) is 3.10. The van der Waals surface area contributed by atoms with Gasteiger partial charge in [0.2, 0.25) is 0 Å². The Kier molecular flexibility index (Phi) is 3.56. The standard InChI is InChI=1S/C8H11N3O5/c1-10-5(3-7(12)8(13)16-2)6(4-9-10)11(14)15/h4,7,12H,3H2,1-2H3. The third-order valence-electron chi connectivity index (χ3n) is 2.10. The van der Waals surface area contributed by atoms with Crippen LogP contribution in [-0.4, -0.2) is 39.0 Å². The molecule has 8 nitrogen and oxygen atoms in total. The highest BCUT2D eigenvalue weighted by molar-refractivity contribution is 5.74. The maximum atomic E-state index is 11.0. The molecule has 1 N–H and O–H groups in total. The van der Waals surface area contributed by atoms with Gasteiger partial charge in [0.25, 0.3) is 0 Å².